The second-order valence-electron chi connectivity index (χ2n) is 6.06. The molecular formula is C16H20N2O6S. The van der Waals surface area contributed by atoms with Crippen LogP contribution >= 0.6 is 11.8 Å². The maximum absolute atomic E-state index is 12.0. The van der Waals surface area contributed by atoms with Gasteiger partial charge in [0.05, 0.1) is 5.37 Å². The zero-order valence-electron chi connectivity index (χ0n) is 13.8. The number of nitrogens with one attached hydrogen (secondary N) is 2. The van der Waals surface area contributed by atoms with Crippen LogP contribution in [0.3, 0.4) is 0 Å². The van der Waals surface area contributed by atoms with Gasteiger partial charge in [0.2, 0.25) is 0 Å². The molecule has 25 heavy (non-hydrogen) atoms. The lowest BCUT2D eigenvalue weighted by atomic mass is 10.0. The van der Waals surface area contributed by atoms with Crippen LogP contribution in [-0.4, -0.2) is 56.9 Å². The third-order valence-corrected chi connectivity index (χ3v) is 5.21. The molecule has 1 aliphatic heterocycles. The summed E-state index contributed by atoms with van der Waals surface area (Å²) in [5.74, 6) is -2.43. The van der Waals surface area contributed by atoms with Gasteiger partial charge < -0.3 is 20.3 Å². The fourth-order valence-electron chi connectivity index (χ4n) is 2.47. The van der Waals surface area contributed by atoms with Crippen LogP contribution in [-0.2, 0) is 14.4 Å². The van der Waals surface area contributed by atoms with Crippen LogP contribution in [0.5, 0.6) is 5.75 Å². The molecule has 1 aromatic carbocycles. The van der Waals surface area contributed by atoms with Gasteiger partial charge in [-0.2, -0.15) is 0 Å². The Morgan fingerprint density at radius 1 is 1.28 bits per heavy atom. The summed E-state index contributed by atoms with van der Waals surface area (Å²) in [6.45, 7) is 3.09. The summed E-state index contributed by atoms with van der Waals surface area (Å²) in [4.78, 5) is 34.8. The zero-order valence-corrected chi connectivity index (χ0v) is 14.6. The standard InChI is InChI=1S/C16H20N2O6S/c1-16(2)12(15(22)23)18-13(25-16)11(14(20)21)17-10(19)8-24-9-6-4-3-5-7-9/h3-7,11-13,18H,8H2,1-2H3,(H,17,19)(H,20,21)(H,22,23)/t11-,12-,13+/m0/s1. The second-order valence-corrected chi connectivity index (χ2v) is 7.86. The van der Waals surface area contributed by atoms with E-state index in [0.717, 1.165) is 0 Å². The average molecular weight is 368 g/mol. The Morgan fingerprint density at radius 3 is 2.44 bits per heavy atom. The molecule has 3 atom stereocenters. The highest BCUT2D eigenvalue weighted by atomic mass is 32.2. The molecule has 0 bridgehead atoms. The van der Waals surface area contributed by atoms with E-state index in [-0.39, 0.29) is 6.61 Å². The number of carbonyl (C=O) groups is 3. The van der Waals surface area contributed by atoms with E-state index in [0.29, 0.717) is 5.75 Å². The lowest BCUT2D eigenvalue weighted by molar-refractivity contribution is -0.143. The van der Waals surface area contributed by atoms with Gasteiger partial charge in [0.1, 0.15) is 11.8 Å². The van der Waals surface area contributed by atoms with Crippen LogP contribution in [0.25, 0.3) is 0 Å². The second kappa shape index (κ2) is 7.75. The van der Waals surface area contributed by atoms with Gasteiger partial charge in [-0.15, -0.1) is 11.8 Å². The smallest absolute Gasteiger partial charge is 0.328 e. The lowest BCUT2D eigenvalue weighted by Crippen LogP contribution is -2.54. The molecule has 1 heterocycles. The van der Waals surface area contributed by atoms with Gasteiger partial charge in [0.15, 0.2) is 12.6 Å². The molecule has 136 valence electrons. The fraction of sp³-hybridized carbons (Fsp3) is 0.438. The lowest BCUT2D eigenvalue weighted by Gasteiger charge is -2.22. The molecule has 1 aromatic rings. The predicted molar refractivity (Wildman–Crippen MR) is 91.5 cm³/mol. The van der Waals surface area contributed by atoms with Crippen LogP contribution in [0.2, 0.25) is 0 Å². The van der Waals surface area contributed by atoms with Crippen molar-refractivity contribution in [3.63, 3.8) is 0 Å². The molecule has 0 saturated carbocycles. The summed E-state index contributed by atoms with van der Waals surface area (Å²) in [5.41, 5.74) is 0. The van der Waals surface area contributed by atoms with Crippen LogP contribution < -0.4 is 15.4 Å². The summed E-state index contributed by atoms with van der Waals surface area (Å²) >= 11 is 1.17. The highest BCUT2D eigenvalue weighted by Gasteiger charge is 2.49. The van der Waals surface area contributed by atoms with Crippen LogP contribution in [0.1, 0.15) is 13.8 Å². The number of amides is 1. The van der Waals surface area contributed by atoms with Crippen molar-refractivity contribution in [3.8, 4) is 5.75 Å². The van der Waals surface area contributed by atoms with Crippen molar-refractivity contribution >= 4 is 29.6 Å². The van der Waals surface area contributed by atoms with Gasteiger partial charge in [0.25, 0.3) is 5.91 Å². The van der Waals surface area contributed by atoms with Gasteiger partial charge in [-0.05, 0) is 26.0 Å². The number of rotatable bonds is 7. The molecular weight excluding hydrogens is 348 g/mol. The molecule has 1 saturated heterocycles. The van der Waals surface area contributed by atoms with E-state index >= 15 is 0 Å². The van der Waals surface area contributed by atoms with E-state index in [4.69, 9.17) is 4.74 Å². The molecule has 9 heteroatoms. The third-order valence-electron chi connectivity index (χ3n) is 3.70. The topological polar surface area (TPSA) is 125 Å². The Morgan fingerprint density at radius 2 is 1.92 bits per heavy atom. The summed E-state index contributed by atoms with van der Waals surface area (Å²) < 4.78 is 4.57. The molecule has 0 spiro atoms. The monoisotopic (exact) mass is 368 g/mol. The number of carboxylic acids is 2. The van der Waals surface area contributed by atoms with Crippen molar-refractivity contribution in [2.75, 3.05) is 6.61 Å². The van der Waals surface area contributed by atoms with Gasteiger partial charge in [-0.1, -0.05) is 18.2 Å². The first-order valence-corrected chi connectivity index (χ1v) is 8.45. The van der Waals surface area contributed by atoms with Crippen molar-refractivity contribution in [1.29, 1.82) is 0 Å². The van der Waals surface area contributed by atoms with Crippen molar-refractivity contribution in [1.82, 2.24) is 10.6 Å². The molecule has 1 amide bonds. The normalized spacial score (nSPS) is 22.8. The fourth-order valence-corrected chi connectivity index (χ4v) is 3.96. The van der Waals surface area contributed by atoms with Crippen molar-refractivity contribution in [2.24, 2.45) is 0 Å². The highest BCUT2D eigenvalue weighted by molar-refractivity contribution is 8.01. The summed E-state index contributed by atoms with van der Waals surface area (Å²) in [5, 5.41) is 23.0. The molecule has 8 nitrogen and oxygen atoms in total. The van der Waals surface area contributed by atoms with Crippen molar-refractivity contribution in [3.05, 3.63) is 30.3 Å². The largest absolute Gasteiger partial charge is 0.484 e. The molecule has 4 N–H and O–H groups in total. The molecule has 0 radical (unpaired) electrons. The van der Waals surface area contributed by atoms with Gasteiger partial charge in [-0.3, -0.25) is 14.9 Å². The minimum absolute atomic E-state index is 0.336. The molecule has 1 aliphatic rings. The number of para-hydroxylation sites is 1. The first-order valence-electron chi connectivity index (χ1n) is 7.57. The van der Waals surface area contributed by atoms with E-state index in [1.165, 1.54) is 11.8 Å². The summed E-state index contributed by atoms with van der Waals surface area (Å²) in [7, 11) is 0. The van der Waals surface area contributed by atoms with Crippen molar-refractivity contribution in [2.45, 2.75) is 36.1 Å². The summed E-state index contributed by atoms with van der Waals surface area (Å²) in [6, 6.07) is 6.47. The number of hydrogen-bond acceptors (Lipinski definition) is 6. The maximum Gasteiger partial charge on any atom is 0.328 e. The van der Waals surface area contributed by atoms with E-state index in [2.05, 4.69) is 10.6 Å². The molecule has 2 rings (SSSR count). The Labute approximate surface area is 148 Å². The van der Waals surface area contributed by atoms with E-state index < -0.39 is 40.1 Å². The number of aliphatic carboxylic acids is 2. The third kappa shape index (κ3) is 4.86. The van der Waals surface area contributed by atoms with Crippen LogP contribution in [0, 0.1) is 0 Å². The summed E-state index contributed by atoms with van der Waals surface area (Å²) in [6.07, 6.45) is 0. The van der Waals surface area contributed by atoms with E-state index in [9.17, 15) is 24.6 Å². The highest BCUT2D eigenvalue weighted by Crippen LogP contribution is 2.39. The molecule has 0 aliphatic carbocycles. The minimum Gasteiger partial charge on any atom is -0.484 e. The number of carboxylic acid groups (broad SMARTS) is 2. The molecule has 0 unspecified atom stereocenters. The number of ether oxygens (including phenoxy) is 1. The van der Waals surface area contributed by atoms with Crippen LogP contribution in [0.15, 0.2) is 30.3 Å². The first-order chi connectivity index (χ1) is 11.7. The first kappa shape index (κ1) is 19.1. The quantitative estimate of drug-likeness (QED) is 0.549. The van der Waals surface area contributed by atoms with Gasteiger partial charge in [0, 0.05) is 4.75 Å². The molecule has 0 aromatic heterocycles. The van der Waals surface area contributed by atoms with Gasteiger partial charge in [-0.25, -0.2) is 4.79 Å². The Bertz CT molecular complexity index is 651. The molecule has 1 fully saturated rings. The van der Waals surface area contributed by atoms with Crippen molar-refractivity contribution < 1.29 is 29.3 Å². The maximum atomic E-state index is 12.0. The number of thioether (sulfide) groups is 1. The Kier molecular flexibility index (Phi) is 5.91. The minimum atomic E-state index is -1.28. The zero-order chi connectivity index (χ0) is 18.6. The van der Waals surface area contributed by atoms with E-state index in [1.807, 2.05) is 0 Å². The van der Waals surface area contributed by atoms with Gasteiger partial charge >= 0.3 is 11.9 Å². The Balaban J connectivity index is 1.98. The number of carbonyl (C=O) groups excluding carboxylic acids is 1. The Hall–Kier alpha value is -2.26. The average Bonchev–Trinajstić information content (AvgIpc) is 2.86. The number of benzene rings is 1. The van der Waals surface area contributed by atoms with E-state index in [1.54, 1.807) is 44.2 Å². The van der Waals surface area contributed by atoms with Crippen LogP contribution in [0.4, 0.5) is 0 Å². The number of hydrogen-bond donors (Lipinski definition) is 4. The predicted octanol–water partition coefficient (Wildman–Crippen LogP) is 0.529. The SMILES string of the molecule is CC1(C)S[C@H]([C@H](NC(=O)COc2ccccc2)C(=O)O)N[C@H]1C(=O)O.